The smallest absolute Gasteiger partial charge is 0.336 e. The highest BCUT2D eigenvalue weighted by atomic mass is 32.2. The fraction of sp³-hybridized carbons (Fsp3) is 0.900. The largest absolute Gasteiger partial charge is 0.479 e. The number of nitrogens with zero attached hydrogens (tertiary/aromatic N) is 1. The van der Waals surface area contributed by atoms with Crippen LogP contribution < -0.4 is 0 Å². The van der Waals surface area contributed by atoms with Crippen LogP contribution in [-0.2, 0) is 4.79 Å². The van der Waals surface area contributed by atoms with Gasteiger partial charge in [0.25, 0.3) is 0 Å². The van der Waals surface area contributed by atoms with Crippen molar-refractivity contribution in [1.29, 1.82) is 0 Å². The maximum absolute atomic E-state index is 10.6. The van der Waals surface area contributed by atoms with Gasteiger partial charge in [-0.15, -0.1) is 0 Å². The predicted octanol–water partition coefficient (Wildman–Crippen LogP) is 0.897. The lowest BCUT2D eigenvalue weighted by Gasteiger charge is -2.20. The quantitative estimate of drug-likeness (QED) is 0.612. The minimum absolute atomic E-state index is 0.240. The van der Waals surface area contributed by atoms with Crippen LogP contribution in [0.3, 0.4) is 0 Å². The fourth-order valence-corrected chi connectivity index (χ4v) is 2.12. The first-order valence-corrected chi connectivity index (χ1v) is 6.35. The van der Waals surface area contributed by atoms with Crippen molar-refractivity contribution < 1.29 is 15.0 Å². The summed E-state index contributed by atoms with van der Waals surface area (Å²) in [5.41, 5.74) is -1.60. The van der Waals surface area contributed by atoms with E-state index in [-0.39, 0.29) is 5.75 Å². The highest BCUT2D eigenvalue weighted by Crippen LogP contribution is 2.13. The van der Waals surface area contributed by atoms with Gasteiger partial charge in [0.05, 0.1) is 0 Å². The van der Waals surface area contributed by atoms with E-state index in [4.69, 9.17) is 5.11 Å². The maximum atomic E-state index is 10.6. The van der Waals surface area contributed by atoms with E-state index in [1.807, 2.05) is 0 Å². The highest BCUT2D eigenvalue weighted by Gasteiger charge is 2.29. The molecule has 5 heteroatoms. The van der Waals surface area contributed by atoms with E-state index in [0.717, 1.165) is 25.4 Å². The third kappa shape index (κ3) is 6.02. The number of carboxylic acids is 1. The van der Waals surface area contributed by atoms with E-state index in [0.29, 0.717) is 0 Å². The van der Waals surface area contributed by atoms with E-state index in [1.54, 1.807) is 0 Å². The van der Waals surface area contributed by atoms with Crippen LogP contribution in [0.1, 0.15) is 20.8 Å². The van der Waals surface area contributed by atoms with Crippen LogP contribution in [-0.4, -0.2) is 57.8 Å². The van der Waals surface area contributed by atoms with Gasteiger partial charge in [0.15, 0.2) is 5.60 Å². The summed E-state index contributed by atoms with van der Waals surface area (Å²) in [6.45, 7) is 8.48. The van der Waals surface area contributed by atoms with Crippen molar-refractivity contribution in [2.75, 3.05) is 31.1 Å². The normalized spacial score (nSPS) is 15.3. The predicted molar refractivity (Wildman–Crippen MR) is 63.4 cm³/mol. The van der Waals surface area contributed by atoms with Gasteiger partial charge in [0, 0.05) is 18.1 Å². The summed E-state index contributed by atoms with van der Waals surface area (Å²) < 4.78 is 0. The average Bonchev–Trinajstić information content (AvgIpc) is 2.18. The van der Waals surface area contributed by atoms with Crippen molar-refractivity contribution in [1.82, 2.24) is 4.90 Å². The lowest BCUT2D eigenvalue weighted by atomic mass is 10.1. The fourth-order valence-electron chi connectivity index (χ4n) is 1.07. The number of hydrogen-bond donors (Lipinski definition) is 2. The number of aliphatic carboxylic acids is 1. The number of hydrogen-bond acceptors (Lipinski definition) is 4. The Labute approximate surface area is 95.7 Å². The van der Waals surface area contributed by atoms with E-state index in [2.05, 4.69) is 18.7 Å². The van der Waals surface area contributed by atoms with Gasteiger partial charge in [-0.25, -0.2) is 4.79 Å². The van der Waals surface area contributed by atoms with Crippen LogP contribution >= 0.6 is 11.8 Å². The van der Waals surface area contributed by atoms with Crippen LogP contribution in [0.2, 0.25) is 0 Å². The zero-order valence-corrected chi connectivity index (χ0v) is 10.5. The van der Waals surface area contributed by atoms with Gasteiger partial charge in [-0.05, 0) is 20.0 Å². The second kappa shape index (κ2) is 7.09. The van der Waals surface area contributed by atoms with Crippen molar-refractivity contribution in [2.24, 2.45) is 0 Å². The van der Waals surface area contributed by atoms with Gasteiger partial charge in [-0.2, -0.15) is 11.8 Å². The van der Waals surface area contributed by atoms with Gasteiger partial charge in [-0.1, -0.05) is 13.8 Å². The summed E-state index contributed by atoms with van der Waals surface area (Å²) >= 11 is 1.48. The molecule has 0 aliphatic heterocycles. The molecule has 0 aromatic carbocycles. The Morgan fingerprint density at radius 2 is 1.93 bits per heavy atom. The molecule has 0 aromatic heterocycles. The van der Waals surface area contributed by atoms with Gasteiger partial charge in [-0.3, -0.25) is 0 Å². The van der Waals surface area contributed by atoms with Crippen molar-refractivity contribution in [3.8, 4) is 0 Å². The van der Waals surface area contributed by atoms with Crippen molar-refractivity contribution >= 4 is 17.7 Å². The molecule has 0 bridgehead atoms. The molecule has 90 valence electrons. The molecule has 0 amide bonds. The lowest BCUT2D eigenvalue weighted by molar-refractivity contribution is -0.154. The summed E-state index contributed by atoms with van der Waals surface area (Å²) in [4.78, 5) is 12.9. The number of carboxylic acid groups (broad SMARTS) is 1. The second-order valence-corrected chi connectivity index (χ2v) is 4.76. The first-order valence-electron chi connectivity index (χ1n) is 5.20. The van der Waals surface area contributed by atoms with Crippen molar-refractivity contribution in [2.45, 2.75) is 26.4 Å². The first-order chi connectivity index (χ1) is 6.94. The van der Waals surface area contributed by atoms with Crippen LogP contribution in [0.25, 0.3) is 0 Å². The Bertz CT molecular complexity index is 193. The van der Waals surface area contributed by atoms with Gasteiger partial charge in [0.2, 0.25) is 0 Å². The molecule has 1 atom stereocenters. The molecular weight excluding hydrogens is 214 g/mol. The SMILES string of the molecule is CCN(CC)CCSCC(C)(O)C(=O)O. The highest BCUT2D eigenvalue weighted by molar-refractivity contribution is 7.99. The Kier molecular flexibility index (Phi) is 6.96. The number of aliphatic hydroxyl groups is 1. The Hall–Kier alpha value is -0.260. The van der Waals surface area contributed by atoms with E-state index in [1.165, 1.54) is 18.7 Å². The molecule has 0 aromatic rings. The standard InChI is InChI=1S/C10H21NO3S/c1-4-11(5-2)6-7-15-8-10(3,14)9(12)13/h14H,4-8H2,1-3H3,(H,12,13). The number of rotatable bonds is 8. The van der Waals surface area contributed by atoms with Gasteiger partial charge < -0.3 is 15.1 Å². The Balaban J connectivity index is 3.66. The van der Waals surface area contributed by atoms with E-state index in [9.17, 15) is 9.90 Å². The second-order valence-electron chi connectivity index (χ2n) is 3.66. The zero-order valence-electron chi connectivity index (χ0n) is 9.69. The van der Waals surface area contributed by atoms with Crippen LogP contribution in [0.5, 0.6) is 0 Å². The summed E-state index contributed by atoms with van der Waals surface area (Å²) in [7, 11) is 0. The Morgan fingerprint density at radius 3 is 2.33 bits per heavy atom. The molecule has 0 radical (unpaired) electrons. The molecule has 2 N–H and O–H groups in total. The third-order valence-electron chi connectivity index (χ3n) is 2.29. The summed E-state index contributed by atoms with van der Waals surface area (Å²) in [6.07, 6.45) is 0. The van der Waals surface area contributed by atoms with E-state index < -0.39 is 11.6 Å². The third-order valence-corrected chi connectivity index (χ3v) is 3.53. The molecule has 0 aliphatic rings. The van der Waals surface area contributed by atoms with Gasteiger partial charge >= 0.3 is 5.97 Å². The maximum Gasteiger partial charge on any atom is 0.336 e. The minimum atomic E-state index is -1.60. The summed E-state index contributed by atoms with van der Waals surface area (Å²) in [5.74, 6) is -0.0628. The molecule has 0 spiro atoms. The molecule has 0 heterocycles. The lowest BCUT2D eigenvalue weighted by Crippen LogP contribution is -2.38. The summed E-state index contributed by atoms with van der Waals surface area (Å²) in [5, 5.41) is 18.1. The number of carbonyl (C=O) groups is 1. The first kappa shape index (κ1) is 14.7. The van der Waals surface area contributed by atoms with Crippen LogP contribution in [0.15, 0.2) is 0 Å². The molecule has 0 saturated heterocycles. The average molecular weight is 235 g/mol. The monoisotopic (exact) mass is 235 g/mol. The van der Waals surface area contributed by atoms with Crippen molar-refractivity contribution in [3.05, 3.63) is 0 Å². The summed E-state index contributed by atoms with van der Waals surface area (Å²) in [6, 6.07) is 0. The molecule has 0 aliphatic carbocycles. The zero-order chi connectivity index (χ0) is 11.9. The number of thioether (sulfide) groups is 1. The van der Waals surface area contributed by atoms with Crippen LogP contribution in [0, 0.1) is 0 Å². The van der Waals surface area contributed by atoms with Crippen LogP contribution in [0.4, 0.5) is 0 Å². The Morgan fingerprint density at radius 1 is 1.40 bits per heavy atom. The molecule has 1 unspecified atom stereocenters. The van der Waals surface area contributed by atoms with E-state index >= 15 is 0 Å². The van der Waals surface area contributed by atoms with Gasteiger partial charge in [0.1, 0.15) is 0 Å². The minimum Gasteiger partial charge on any atom is -0.479 e. The molecule has 0 saturated carbocycles. The molecule has 0 fully saturated rings. The molecular formula is C10H21NO3S. The molecule has 4 nitrogen and oxygen atoms in total. The topological polar surface area (TPSA) is 60.8 Å². The molecule has 15 heavy (non-hydrogen) atoms. The van der Waals surface area contributed by atoms with Crippen molar-refractivity contribution in [3.63, 3.8) is 0 Å². The molecule has 0 rings (SSSR count).